The second-order valence-electron chi connectivity index (χ2n) is 6.49. The third-order valence-corrected chi connectivity index (χ3v) is 4.79. The van der Waals surface area contributed by atoms with E-state index in [0.29, 0.717) is 17.0 Å². The number of nitrogens with one attached hydrogen (secondary N) is 1. The molecule has 3 rings (SSSR count). The van der Waals surface area contributed by atoms with Crippen LogP contribution in [0.3, 0.4) is 0 Å². The molecule has 0 fully saturated rings. The van der Waals surface area contributed by atoms with Gasteiger partial charge in [-0.1, -0.05) is 41.9 Å². The number of nitrogens with two attached hydrogens (primary N) is 1. The summed E-state index contributed by atoms with van der Waals surface area (Å²) in [4.78, 5) is 25.9. The average Bonchev–Trinajstić information content (AvgIpc) is 2.79. The lowest BCUT2D eigenvalue weighted by molar-refractivity contribution is -0.125. The van der Waals surface area contributed by atoms with Crippen LogP contribution in [0.2, 0.25) is 5.02 Å². The second-order valence-corrected chi connectivity index (χ2v) is 6.89. The fraction of sp³-hybridized carbons (Fsp3) is 0.130. The lowest BCUT2D eigenvalue weighted by Gasteiger charge is -2.19. The second kappa shape index (κ2) is 9.86. The number of anilines is 2. The Hall–Kier alpha value is -3.71. The lowest BCUT2D eigenvalue weighted by atomic mass is 10.1. The molecular weight excluding hydrogens is 420 g/mol. The van der Waals surface area contributed by atoms with E-state index < -0.39 is 18.0 Å². The highest BCUT2D eigenvalue weighted by Gasteiger charge is 2.27. The van der Waals surface area contributed by atoms with Crippen molar-refractivity contribution in [2.75, 3.05) is 25.3 Å². The van der Waals surface area contributed by atoms with Crippen LogP contribution in [0.15, 0.2) is 66.7 Å². The maximum absolute atomic E-state index is 13.0. The Balaban J connectivity index is 1.88. The zero-order valence-electron chi connectivity index (χ0n) is 16.9. The summed E-state index contributed by atoms with van der Waals surface area (Å²) in [5, 5.41) is 2.92. The molecule has 0 saturated carbocycles. The van der Waals surface area contributed by atoms with Gasteiger partial charge in [-0.2, -0.15) is 0 Å². The first-order valence-corrected chi connectivity index (χ1v) is 9.64. The van der Waals surface area contributed by atoms with Gasteiger partial charge in [-0.25, -0.2) is 4.79 Å². The van der Waals surface area contributed by atoms with Crippen molar-refractivity contribution in [2.45, 2.75) is 6.10 Å². The average molecular weight is 441 g/mol. The molecule has 1 unspecified atom stereocenters. The van der Waals surface area contributed by atoms with E-state index >= 15 is 0 Å². The van der Waals surface area contributed by atoms with Gasteiger partial charge in [0.2, 0.25) is 6.10 Å². The Morgan fingerprint density at radius 2 is 1.65 bits per heavy atom. The van der Waals surface area contributed by atoms with Crippen molar-refractivity contribution in [1.29, 1.82) is 0 Å². The zero-order valence-corrected chi connectivity index (χ0v) is 17.7. The number of benzene rings is 3. The minimum Gasteiger partial charge on any atom is -0.497 e. The van der Waals surface area contributed by atoms with E-state index in [2.05, 4.69) is 5.32 Å². The molecule has 0 aromatic heterocycles. The largest absolute Gasteiger partial charge is 0.497 e. The van der Waals surface area contributed by atoms with E-state index in [0.717, 1.165) is 0 Å². The third-order valence-electron chi connectivity index (χ3n) is 4.46. The van der Waals surface area contributed by atoms with Crippen molar-refractivity contribution in [3.05, 3.63) is 82.9 Å². The van der Waals surface area contributed by atoms with Gasteiger partial charge < -0.3 is 25.3 Å². The minimum atomic E-state index is -1.21. The Labute approximate surface area is 184 Å². The predicted octanol–water partition coefficient (Wildman–Crippen LogP) is 4.48. The SMILES string of the molecule is COc1ccc(NC(=O)C(OC(=O)c2cc(Cl)c(N)cc2OC)c2ccccc2)cc1. The number of rotatable bonds is 7. The van der Waals surface area contributed by atoms with Crippen LogP contribution >= 0.6 is 11.6 Å². The van der Waals surface area contributed by atoms with Gasteiger partial charge >= 0.3 is 5.97 Å². The number of hydrogen-bond acceptors (Lipinski definition) is 6. The van der Waals surface area contributed by atoms with Crippen LogP contribution in [0.5, 0.6) is 11.5 Å². The zero-order chi connectivity index (χ0) is 22.4. The lowest BCUT2D eigenvalue weighted by Crippen LogP contribution is -2.26. The van der Waals surface area contributed by atoms with E-state index in [1.165, 1.54) is 19.2 Å². The molecule has 8 heteroatoms. The highest BCUT2D eigenvalue weighted by molar-refractivity contribution is 6.33. The number of nitrogen functional groups attached to an aromatic ring is 1. The van der Waals surface area contributed by atoms with E-state index in [9.17, 15) is 9.59 Å². The maximum atomic E-state index is 13.0. The van der Waals surface area contributed by atoms with Crippen LogP contribution in [0.1, 0.15) is 22.0 Å². The van der Waals surface area contributed by atoms with Gasteiger partial charge in [-0.15, -0.1) is 0 Å². The van der Waals surface area contributed by atoms with E-state index in [1.807, 2.05) is 0 Å². The molecule has 1 amide bonds. The molecule has 0 aliphatic carbocycles. The number of ether oxygens (including phenoxy) is 3. The molecule has 0 radical (unpaired) electrons. The molecule has 31 heavy (non-hydrogen) atoms. The van der Waals surface area contributed by atoms with Crippen LogP contribution in [0.25, 0.3) is 0 Å². The van der Waals surface area contributed by atoms with Crippen LogP contribution in [0, 0.1) is 0 Å². The Morgan fingerprint density at radius 3 is 2.26 bits per heavy atom. The van der Waals surface area contributed by atoms with Gasteiger partial charge in [0.25, 0.3) is 5.91 Å². The van der Waals surface area contributed by atoms with E-state index in [4.69, 9.17) is 31.5 Å². The van der Waals surface area contributed by atoms with Crippen LogP contribution in [0.4, 0.5) is 11.4 Å². The molecule has 0 aliphatic heterocycles. The van der Waals surface area contributed by atoms with Gasteiger partial charge in [0.05, 0.1) is 24.9 Å². The Kier molecular flexibility index (Phi) is 6.99. The van der Waals surface area contributed by atoms with E-state index in [-0.39, 0.29) is 22.0 Å². The van der Waals surface area contributed by atoms with Crippen molar-refractivity contribution < 1.29 is 23.8 Å². The van der Waals surface area contributed by atoms with Gasteiger partial charge in [-0.3, -0.25) is 4.79 Å². The highest BCUT2D eigenvalue weighted by Crippen LogP contribution is 2.31. The fourth-order valence-corrected chi connectivity index (χ4v) is 3.01. The highest BCUT2D eigenvalue weighted by atomic mass is 35.5. The first-order valence-electron chi connectivity index (χ1n) is 9.26. The summed E-state index contributed by atoms with van der Waals surface area (Å²) < 4.78 is 15.9. The molecular formula is C23H21ClN2O5. The maximum Gasteiger partial charge on any atom is 0.343 e. The minimum absolute atomic E-state index is 0.0554. The predicted molar refractivity (Wildman–Crippen MR) is 119 cm³/mol. The summed E-state index contributed by atoms with van der Waals surface area (Å²) in [6.45, 7) is 0. The smallest absolute Gasteiger partial charge is 0.343 e. The summed E-state index contributed by atoms with van der Waals surface area (Å²) >= 11 is 6.06. The van der Waals surface area contributed by atoms with Crippen molar-refractivity contribution in [1.82, 2.24) is 0 Å². The molecule has 0 aliphatic rings. The van der Waals surface area contributed by atoms with Gasteiger partial charge in [-0.05, 0) is 30.3 Å². The first kappa shape index (κ1) is 22.0. The summed E-state index contributed by atoms with van der Waals surface area (Å²) in [6, 6.07) is 18.2. The Bertz CT molecular complexity index is 1070. The Morgan fingerprint density at radius 1 is 0.968 bits per heavy atom. The number of amides is 1. The normalized spacial score (nSPS) is 11.3. The quantitative estimate of drug-likeness (QED) is 0.415. The number of methoxy groups -OCH3 is 2. The van der Waals surface area contributed by atoms with Crippen LogP contribution < -0.4 is 20.5 Å². The molecule has 7 nitrogen and oxygen atoms in total. The fourth-order valence-electron chi connectivity index (χ4n) is 2.85. The van der Waals surface area contributed by atoms with Crippen LogP contribution in [-0.4, -0.2) is 26.1 Å². The van der Waals surface area contributed by atoms with E-state index in [1.54, 1.807) is 61.7 Å². The molecule has 0 bridgehead atoms. The van der Waals surface area contributed by atoms with Crippen molar-refractivity contribution in [2.24, 2.45) is 0 Å². The molecule has 0 heterocycles. The van der Waals surface area contributed by atoms with Crippen molar-refractivity contribution in [3.63, 3.8) is 0 Å². The molecule has 0 saturated heterocycles. The van der Waals surface area contributed by atoms with Gasteiger partial charge in [0.15, 0.2) is 0 Å². The van der Waals surface area contributed by atoms with Crippen LogP contribution in [-0.2, 0) is 9.53 Å². The standard InChI is InChI=1S/C23H21ClN2O5/c1-29-16-10-8-15(9-11-16)26-22(27)21(14-6-4-3-5-7-14)31-23(28)17-12-18(24)19(25)13-20(17)30-2/h3-13,21H,25H2,1-2H3,(H,26,27). The molecule has 3 aromatic carbocycles. The van der Waals surface area contributed by atoms with Gasteiger partial charge in [0, 0.05) is 17.3 Å². The topological polar surface area (TPSA) is 99.9 Å². The monoisotopic (exact) mass is 440 g/mol. The number of carbonyl (C=O) groups is 2. The molecule has 3 aromatic rings. The first-order chi connectivity index (χ1) is 14.9. The van der Waals surface area contributed by atoms with Crippen molar-refractivity contribution in [3.8, 4) is 11.5 Å². The molecule has 160 valence electrons. The summed E-state index contributed by atoms with van der Waals surface area (Å²) in [5.74, 6) is -0.464. The number of carbonyl (C=O) groups excluding carboxylic acids is 2. The van der Waals surface area contributed by atoms with Crippen molar-refractivity contribution >= 4 is 34.9 Å². The van der Waals surface area contributed by atoms with Gasteiger partial charge in [0.1, 0.15) is 17.1 Å². The number of esters is 1. The summed E-state index contributed by atoms with van der Waals surface area (Å²) in [5.41, 5.74) is 7.11. The number of halogens is 1. The summed E-state index contributed by atoms with van der Waals surface area (Å²) in [6.07, 6.45) is -1.21. The number of hydrogen-bond donors (Lipinski definition) is 2. The molecule has 1 atom stereocenters. The molecule has 3 N–H and O–H groups in total. The molecule has 0 spiro atoms. The third kappa shape index (κ3) is 5.26. The summed E-state index contributed by atoms with van der Waals surface area (Å²) in [7, 11) is 2.95.